The van der Waals surface area contributed by atoms with Crippen molar-refractivity contribution in [1.29, 1.82) is 0 Å². The topological polar surface area (TPSA) is 90.6 Å². The van der Waals surface area contributed by atoms with Crippen molar-refractivity contribution < 1.29 is 4.79 Å². The summed E-state index contributed by atoms with van der Waals surface area (Å²) in [6.45, 7) is 5.28. The molecule has 1 aromatic heterocycles. The standard InChI is InChI=1S/C24H33N7O/c1-29-10-12-30(13-11-29)22-15-21(27-23(25)28-22)18-7-6-17-8-9-31(16-19(17)14-18)24(32)26-20-4-2-3-5-20/h6-7,14-15,20H,2-5,8-13,16H2,1H3,(H,26,32)(H2,25,27,28). The number of piperazine rings is 1. The molecule has 1 aliphatic carbocycles. The molecule has 3 heterocycles. The highest BCUT2D eigenvalue weighted by atomic mass is 16.2. The van der Waals surface area contributed by atoms with Gasteiger partial charge in [0.05, 0.1) is 5.69 Å². The third kappa shape index (κ3) is 4.50. The molecule has 8 nitrogen and oxygen atoms in total. The molecule has 32 heavy (non-hydrogen) atoms. The number of aromatic nitrogens is 2. The molecule has 0 radical (unpaired) electrons. The van der Waals surface area contributed by atoms with Gasteiger partial charge in [-0.3, -0.25) is 0 Å². The largest absolute Gasteiger partial charge is 0.368 e. The SMILES string of the molecule is CN1CCN(c2cc(-c3ccc4c(c3)CN(C(=O)NC3CCCC3)CC4)nc(N)n2)CC1. The van der Waals surface area contributed by atoms with Crippen LogP contribution in [0.15, 0.2) is 24.3 Å². The second-order valence-electron chi connectivity index (χ2n) is 9.35. The van der Waals surface area contributed by atoms with Gasteiger partial charge in [0.2, 0.25) is 5.95 Å². The van der Waals surface area contributed by atoms with Crippen molar-refractivity contribution in [3.05, 3.63) is 35.4 Å². The highest BCUT2D eigenvalue weighted by Crippen LogP contribution is 2.28. The Balaban J connectivity index is 1.34. The lowest BCUT2D eigenvalue weighted by molar-refractivity contribution is 0.188. The van der Waals surface area contributed by atoms with E-state index in [0.717, 1.165) is 69.1 Å². The van der Waals surface area contributed by atoms with Crippen LogP contribution in [-0.4, -0.2) is 71.6 Å². The Morgan fingerprint density at radius 1 is 1.03 bits per heavy atom. The van der Waals surface area contributed by atoms with E-state index >= 15 is 0 Å². The number of fused-ring (bicyclic) bond motifs is 1. The molecule has 1 aromatic carbocycles. The predicted molar refractivity (Wildman–Crippen MR) is 126 cm³/mol. The Kier molecular flexibility index (Phi) is 5.87. The van der Waals surface area contributed by atoms with Gasteiger partial charge in [0, 0.05) is 56.9 Å². The molecule has 0 atom stereocenters. The number of rotatable bonds is 3. The summed E-state index contributed by atoms with van der Waals surface area (Å²) < 4.78 is 0. The second-order valence-corrected chi connectivity index (χ2v) is 9.35. The van der Waals surface area contributed by atoms with E-state index in [4.69, 9.17) is 5.73 Å². The highest BCUT2D eigenvalue weighted by molar-refractivity contribution is 5.75. The summed E-state index contributed by atoms with van der Waals surface area (Å²) in [5, 5.41) is 3.22. The van der Waals surface area contributed by atoms with Crippen LogP contribution in [0.2, 0.25) is 0 Å². The zero-order valence-corrected chi connectivity index (χ0v) is 18.9. The van der Waals surface area contributed by atoms with Gasteiger partial charge in [0.15, 0.2) is 0 Å². The molecule has 1 saturated heterocycles. The van der Waals surface area contributed by atoms with E-state index in [9.17, 15) is 4.79 Å². The van der Waals surface area contributed by atoms with Gasteiger partial charge in [0.1, 0.15) is 5.82 Å². The Hall–Kier alpha value is -2.87. The molecule has 2 fully saturated rings. The van der Waals surface area contributed by atoms with Gasteiger partial charge >= 0.3 is 6.03 Å². The molecule has 0 spiro atoms. The van der Waals surface area contributed by atoms with Crippen molar-refractivity contribution in [2.24, 2.45) is 0 Å². The van der Waals surface area contributed by atoms with E-state index in [1.54, 1.807) is 0 Å². The molecule has 2 aliphatic heterocycles. The zero-order valence-electron chi connectivity index (χ0n) is 18.9. The molecular formula is C24H33N7O. The van der Waals surface area contributed by atoms with Gasteiger partial charge in [-0.25, -0.2) is 9.78 Å². The molecule has 5 rings (SSSR count). The molecule has 1 saturated carbocycles. The summed E-state index contributed by atoms with van der Waals surface area (Å²) in [7, 11) is 2.14. The third-order valence-corrected chi connectivity index (χ3v) is 7.04. The quantitative estimate of drug-likeness (QED) is 0.770. The first-order valence-corrected chi connectivity index (χ1v) is 11.8. The van der Waals surface area contributed by atoms with Gasteiger partial charge in [0.25, 0.3) is 0 Å². The van der Waals surface area contributed by atoms with E-state index < -0.39 is 0 Å². The van der Waals surface area contributed by atoms with Crippen LogP contribution in [0.25, 0.3) is 11.3 Å². The minimum Gasteiger partial charge on any atom is -0.368 e. The van der Waals surface area contributed by atoms with Crippen LogP contribution in [0.5, 0.6) is 0 Å². The van der Waals surface area contributed by atoms with E-state index in [1.807, 2.05) is 11.0 Å². The van der Waals surface area contributed by atoms with E-state index in [0.29, 0.717) is 18.5 Å². The number of hydrogen-bond acceptors (Lipinski definition) is 6. The molecule has 170 valence electrons. The summed E-state index contributed by atoms with van der Waals surface area (Å²) >= 11 is 0. The molecular weight excluding hydrogens is 402 g/mol. The van der Waals surface area contributed by atoms with Crippen molar-refractivity contribution in [2.45, 2.75) is 44.7 Å². The maximum Gasteiger partial charge on any atom is 0.317 e. The minimum absolute atomic E-state index is 0.0663. The number of nitrogens with zero attached hydrogens (tertiary/aromatic N) is 5. The first-order valence-electron chi connectivity index (χ1n) is 11.8. The van der Waals surface area contributed by atoms with Gasteiger partial charge in [-0.15, -0.1) is 0 Å². The zero-order chi connectivity index (χ0) is 22.1. The van der Waals surface area contributed by atoms with Gasteiger partial charge in [-0.05, 0) is 43.5 Å². The van der Waals surface area contributed by atoms with Gasteiger partial charge in [-0.2, -0.15) is 4.98 Å². The van der Waals surface area contributed by atoms with Crippen LogP contribution in [0.3, 0.4) is 0 Å². The molecule has 2 amide bonds. The van der Waals surface area contributed by atoms with Crippen molar-refractivity contribution in [3.8, 4) is 11.3 Å². The van der Waals surface area contributed by atoms with Gasteiger partial charge in [-0.1, -0.05) is 25.0 Å². The number of anilines is 2. The fourth-order valence-corrected chi connectivity index (χ4v) is 5.02. The number of carbonyl (C=O) groups is 1. The number of nitrogens with one attached hydrogen (secondary N) is 1. The summed E-state index contributed by atoms with van der Waals surface area (Å²) in [6, 6.07) is 8.90. The smallest absolute Gasteiger partial charge is 0.317 e. The Morgan fingerprint density at radius 2 is 1.81 bits per heavy atom. The lowest BCUT2D eigenvalue weighted by atomic mass is 9.96. The summed E-state index contributed by atoms with van der Waals surface area (Å²) in [4.78, 5) is 28.3. The lowest BCUT2D eigenvalue weighted by Gasteiger charge is -2.33. The summed E-state index contributed by atoms with van der Waals surface area (Å²) in [6.07, 6.45) is 5.52. The maximum absolute atomic E-state index is 12.8. The molecule has 2 aromatic rings. The number of amides is 2. The van der Waals surface area contributed by atoms with Crippen LogP contribution in [0, 0.1) is 0 Å². The number of urea groups is 1. The average Bonchev–Trinajstić information content (AvgIpc) is 3.31. The minimum atomic E-state index is 0.0663. The van der Waals surface area contributed by atoms with Crippen molar-refractivity contribution >= 4 is 17.8 Å². The van der Waals surface area contributed by atoms with Crippen molar-refractivity contribution in [2.75, 3.05) is 50.4 Å². The molecule has 0 bridgehead atoms. The highest BCUT2D eigenvalue weighted by Gasteiger charge is 2.25. The van der Waals surface area contributed by atoms with Gasteiger partial charge < -0.3 is 25.8 Å². The third-order valence-electron chi connectivity index (χ3n) is 7.04. The fourth-order valence-electron chi connectivity index (χ4n) is 5.02. The van der Waals surface area contributed by atoms with Crippen LogP contribution in [0.1, 0.15) is 36.8 Å². The number of nitrogen functional groups attached to an aromatic ring is 1. The number of nitrogens with two attached hydrogens (primary N) is 1. The first-order chi connectivity index (χ1) is 15.5. The maximum atomic E-state index is 12.8. The monoisotopic (exact) mass is 435 g/mol. The van der Waals surface area contributed by atoms with E-state index in [1.165, 1.54) is 24.0 Å². The van der Waals surface area contributed by atoms with Crippen LogP contribution >= 0.6 is 0 Å². The van der Waals surface area contributed by atoms with Crippen LogP contribution < -0.4 is 16.0 Å². The van der Waals surface area contributed by atoms with E-state index in [2.05, 4.69) is 50.3 Å². The Labute approximate surface area is 189 Å². The summed E-state index contributed by atoms with van der Waals surface area (Å²) in [5.74, 6) is 1.18. The number of likely N-dealkylation sites (N-methyl/N-ethyl adjacent to an activating group) is 1. The number of carbonyl (C=O) groups excluding carboxylic acids is 1. The van der Waals surface area contributed by atoms with E-state index in [-0.39, 0.29) is 6.03 Å². The Morgan fingerprint density at radius 3 is 2.59 bits per heavy atom. The van der Waals surface area contributed by atoms with Crippen LogP contribution in [-0.2, 0) is 13.0 Å². The number of hydrogen-bond donors (Lipinski definition) is 2. The Bertz CT molecular complexity index is 980. The number of benzene rings is 1. The lowest BCUT2D eigenvalue weighted by Crippen LogP contribution is -2.45. The molecule has 0 unspecified atom stereocenters. The second kappa shape index (κ2) is 8.94. The first kappa shape index (κ1) is 21.0. The normalized spacial score (nSPS) is 19.8. The molecule has 3 aliphatic rings. The average molecular weight is 436 g/mol. The van der Waals surface area contributed by atoms with Crippen molar-refractivity contribution in [3.63, 3.8) is 0 Å². The molecule has 3 N–H and O–H groups in total. The summed E-state index contributed by atoms with van der Waals surface area (Å²) in [5.41, 5.74) is 10.4. The predicted octanol–water partition coefficient (Wildman–Crippen LogP) is 2.49. The fraction of sp³-hybridized carbons (Fsp3) is 0.542. The van der Waals surface area contributed by atoms with Crippen LogP contribution in [0.4, 0.5) is 16.6 Å². The van der Waals surface area contributed by atoms with Crippen molar-refractivity contribution in [1.82, 2.24) is 25.1 Å². The molecule has 8 heteroatoms.